The fraction of sp³-hybridized carbons (Fsp3) is 0.458. The van der Waals surface area contributed by atoms with Gasteiger partial charge in [-0.15, -0.1) is 0 Å². The van der Waals surface area contributed by atoms with Gasteiger partial charge in [0.05, 0.1) is 12.3 Å². The molecule has 4 rings (SSSR count). The molecular formula is C24H30N6O. The molecule has 1 aliphatic rings. The molecule has 1 aliphatic carbocycles. The lowest BCUT2D eigenvalue weighted by molar-refractivity contribution is 0.00926. The highest BCUT2D eigenvalue weighted by Gasteiger charge is 2.35. The monoisotopic (exact) mass is 418 g/mol. The van der Waals surface area contributed by atoms with Crippen LogP contribution in [0, 0.1) is 23.7 Å². The number of hydrogen-bond donors (Lipinski definition) is 3. The van der Waals surface area contributed by atoms with Gasteiger partial charge in [0.25, 0.3) is 0 Å². The summed E-state index contributed by atoms with van der Waals surface area (Å²) < 4.78 is 2.28. The van der Waals surface area contributed by atoms with Crippen molar-refractivity contribution in [3.05, 3.63) is 47.8 Å². The molecule has 0 saturated heterocycles. The third-order valence-corrected chi connectivity index (χ3v) is 6.35. The van der Waals surface area contributed by atoms with E-state index in [-0.39, 0.29) is 17.6 Å². The van der Waals surface area contributed by atoms with Crippen LogP contribution in [0.4, 0.5) is 11.8 Å². The number of aliphatic hydroxyl groups is 1. The number of benzene rings is 1. The summed E-state index contributed by atoms with van der Waals surface area (Å²) in [5.41, 5.74) is 2.70. The SMILES string of the molecule is Cc1cc2ccccc2n1CCNc1ncc(C#N)c(N[C@@H]2CC[C@H](O)C(C)(C)C2)n1. The Balaban J connectivity index is 1.44. The molecule has 2 aromatic heterocycles. The van der Waals surface area contributed by atoms with Crippen LogP contribution in [0.1, 0.15) is 44.4 Å². The van der Waals surface area contributed by atoms with Crippen LogP contribution in [0.15, 0.2) is 36.5 Å². The van der Waals surface area contributed by atoms with Crippen LogP contribution in [0.5, 0.6) is 0 Å². The average molecular weight is 419 g/mol. The van der Waals surface area contributed by atoms with E-state index in [0.29, 0.717) is 23.9 Å². The molecule has 1 saturated carbocycles. The summed E-state index contributed by atoms with van der Waals surface area (Å²) in [6.45, 7) is 7.74. The predicted octanol–water partition coefficient (Wildman–Crippen LogP) is 4.08. The molecule has 0 unspecified atom stereocenters. The van der Waals surface area contributed by atoms with E-state index < -0.39 is 0 Å². The molecule has 3 aromatic rings. The maximum atomic E-state index is 10.2. The number of nitriles is 1. The first kappa shape index (κ1) is 21.1. The first-order valence-corrected chi connectivity index (χ1v) is 10.9. The lowest BCUT2D eigenvalue weighted by Gasteiger charge is -2.40. The summed E-state index contributed by atoms with van der Waals surface area (Å²) in [4.78, 5) is 8.89. The topological polar surface area (TPSA) is 98.8 Å². The zero-order chi connectivity index (χ0) is 22.0. The van der Waals surface area contributed by atoms with Crippen molar-refractivity contribution in [2.24, 2.45) is 5.41 Å². The van der Waals surface area contributed by atoms with Crippen LogP contribution in [0.25, 0.3) is 10.9 Å². The third kappa shape index (κ3) is 4.49. The van der Waals surface area contributed by atoms with E-state index in [1.807, 2.05) is 0 Å². The van der Waals surface area contributed by atoms with Gasteiger partial charge in [-0.05, 0) is 49.1 Å². The van der Waals surface area contributed by atoms with Crippen molar-refractivity contribution in [3.8, 4) is 6.07 Å². The summed E-state index contributed by atoms with van der Waals surface area (Å²) in [7, 11) is 0. The standard InChI is InChI=1S/C24H30N6O/c1-16-12-17-6-4-5-7-20(17)30(16)11-10-26-23-27-15-18(14-25)22(29-23)28-19-8-9-21(31)24(2,3)13-19/h4-7,12,15,19,21,31H,8-11,13H2,1-3H3,(H2,26,27,28,29)/t19-,21+/m1/s1. The zero-order valence-corrected chi connectivity index (χ0v) is 18.4. The second-order valence-corrected chi connectivity index (χ2v) is 9.12. The van der Waals surface area contributed by atoms with Gasteiger partial charge in [0.1, 0.15) is 17.5 Å². The molecule has 0 spiro atoms. The average Bonchev–Trinajstić information content (AvgIpc) is 3.06. The Morgan fingerprint density at radius 1 is 1.29 bits per heavy atom. The van der Waals surface area contributed by atoms with Gasteiger partial charge in [-0.25, -0.2) is 4.98 Å². The van der Waals surface area contributed by atoms with Gasteiger partial charge in [-0.1, -0.05) is 32.0 Å². The van der Waals surface area contributed by atoms with Crippen LogP contribution in [-0.4, -0.2) is 38.3 Å². The van der Waals surface area contributed by atoms with E-state index in [1.54, 1.807) is 6.20 Å². The van der Waals surface area contributed by atoms with Crippen molar-refractivity contribution in [1.29, 1.82) is 5.26 Å². The molecule has 0 bridgehead atoms. The molecule has 162 valence electrons. The molecule has 1 fully saturated rings. The predicted molar refractivity (Wildman–Crippen MR) is 123 cm³/mol. The Morgan fingerprint density at radius 3 is 2.87 bits per heavy atom. The second kappa shape index (κ2) is 8.56. The minimum Gasteiger partial charge on any atom is -0.393 e. The van der Waals surface area contributed by atoms with Gasteiger partial charge in [-0.3, -0.25) is 0 Å². The molecule has 2 atom stereocenters. The fourth-order valence-electron chi connectivity index (χ4n) is 4.52. The third-order valence-electron chi connectivity index (χ3n) is 6.35. The van der Waals surface area contributed by atoms with Crippen molar-refractivity contribution in [2.45, 2.75) is 58.7 Å². The molecule has 0 aliphatic heterocycles. The number of nitrogens with one attached hydrogen (secondary N) is 2. The molecule has 7 nitrogen and oxygen atoms in total. The van der Waals surface area contributed by atoms with E-state index in [0.717, 1.165) is 25.8 Å². The number of rotatable bonds is 6. The number of anilines is 2. The van der Waals surface area contributed by atoms with Crippen molar-refractivity contribution in [2.75, 3.05) is 17.2 Å². The fourth-order valence-corrected chi connectivity index (χ4v) is 4.52. The van der Waals surface area contributed by atoms with Crippen LogP contribution < -0.4 is 10.6 Å². The first-order chi connectivity index (χ1) is 14.9. The molecule has 3 N–H and O–H groups in total. The maximum Gasteiger partial charge on any atom is 0.224 e. The van der Waals surface area contributed by atoms with E-state index in [4.69, 9.17) is 0 Å². The van der Waals surface area contributed by atoms with Gasteiger partial charge in [0.15, 0.2) is 0 Å². The molecule has 2 heterocycles. The second-order valence-electron chi connectivity index (χ2n) is 9.12. The van der Waals surface area contributed by atoms with Gasteiger partial charge >= 0.3 is 0 Å². The number of fused-ring (bicyclic) bond motifs is 1. The molecule has 0 amide bonds. The number of aryl methyl sites for hydroxylation is 1. The minimum atomic E-state index is -0.295. The number of para-hydroxylation sites is 1. The van der Waals surface area contributed by atoms with Crippen LogP contribution >= 0.6 is 0 Å². The normalized spacial score (nSPS) is 20.4. The highest BCUT2D eigenvalue weighted by Crippen LogP contribution is 2.37. The quantitative estimate of drug-likeness (QED) is 0.558. The molecule has 1 aromatic carbocycles. The lowest BCUT2D eigenvalue weighted by atomic mass is 9.73. The minimum absolute atomic E-state index is 0.159. The molecular weight excluding hydrogens is 388 g/mol. The van der Waals surface area contributed by atoms with Crippen LogP contribution in [0.3, 0.4) is 0 Å². The summed E-state index contributed by atoms with van der Waals surface area (Å²) in [5.74, 6) is 1.06. The first-order valence-electron chi connectivity index (χ1n) is 10.9. The Kier molecular flexibility index (Phi) is 5.84. The maximum absolute atomic E-state index is 10.2. The lowest BCUT2D eigenvalue weighted by Crippen LogP contribution is -2.41. The number of hydrogen-bond acceptors (Lipinski definition) is 6. The molecule has 0 radical (unpaired) electrons. The van der Waals surface area contributed by atoms with Gasteiger partial charge in [0, 0.05) is 30.3 Å². The summed E-state index contributed by atoms with van der Waals surface area (Å²) in [6.07, 6.45) is 3.69. The van der Waals surface area contributed by atoms with Gasteiger partial charge in [0.2, 0.25) is 5.95 Å². The largest absolute Gasteiger partial charge is 0.393 e. The van der Waals surface area contributed by atoms with E-state index in [2.05, 4.69) is 82.3 Å². The van der Waals surface area contributed by atoms with Crippen LogP contribution in [-0.2, 0) is 6.54 Å². The summed E-state index contributed by atoms with van der Waals surface area (Å²) in [6, 6.07) is 12.9. The van der Waals surface area contributed by atoms with Crippen molar-refractivity contribution >= 4 is 22.7 Å². The zero-order valence-electron chi connectivity index (χ0n) is 18.4. The smallest absolute Gasteiger partial charge is 0.224 e. The highest BCUT2D eigenvalue weighted by molar-refractivity contribution is 5.81. The van der Waals surface area contributed by atoms with Crippen molar-refractivity contribution in [3.63, 3.8) is 0 Å². The number of aliphatic hydroxyl groups excluding tert-OH is 1. The van der Waals surface area contributed by atoms with Crippen LogP contribution in [0.2, 0.25) is 0 Å². The Hall–Kier alpha value is -3.11. The van der Waals surface area contributed by atoms with Gasteiger partial charge in [-0.2, -0.15) is 10.2 Å². The van der Waals surface area contributed by atoms with E-state index in [9.17, 15) is 10.4 Å². The summed E-state index contributed by atoms with van der Waals surface area (Å²) in [5, 5.41) is 27.6. The Labute approximate surface area is 183 Å². The van der Waals surface area contributed by atoms with E-state index >= 15 is 0 Å². The Bertz CT molecular complexity index is 1110. The molecule has 31 heavy (non-hydrogen) atoms. The number of nitrogens with zero attached hydrogens (tertiary/aromatic N) is 4. The van der Waals surface area contributed by atoms with Gasteiger partial charge < -0.3 is 20.3 Å². The number of aromatic nitrogens is 3. The molecule has 7 heteroatoms. The summed E-state index contributed by atoms with van der Waals surface area (Å²) >= 11 is 0. The van der Waals surface area contributed by atoms with E-state index in [1.165, 1.54) is 16.6 Å². The van der Waals surface area contributed by atoms with Crippen molar-refractivity contribution < 1.29 is 5.11 Å². The Morgan fingerprint density at radius 2 is 2.10 bits per heavy atom. The highest BCUT2D eigenvalue weighted by atomic mass is 16.3. The van der Waals surface area contributed by atoms with Crippen molar-refractivity contribution in [1.82, 2.24) is 14.5 Å².